The first kappa shape index (κ1) is 22.1. The van der Waals surface area contributed by atoms with E-state index < -0.39 is 6.10 Å². The predicted octanol–water partition coefficient (Wildman–Crippen LogP) is 4.33. The van der Waals surface area contributed by atoms with Gasteiger partial charge in [0, 0.05) is 6.07 Å². The fourth-order valence-electron chi connectivity index (χ4n) is 3.11. The summed E-state index contributed by atoms with van der Waals surface area (Å²) in [6, 6.07) is 11.4. The van der Waals surface area contributed by atoms with Gasteiger partial charge in [0.2, 0.25) is 5.95 Å². The fraction of sp³-hybridized carbons (Fsp3) is 0.348. The van der Waals surface area contributed by atoms with Gasteiger partial charge >= 0.3 is 0 Å². The molecule has 1 aromatic heterocycles. The number of amides is 1. The van der Waals surface area contributed by atoms with Crippen molar-refractivity contribution in [1.82, 2.24) is 15.2 Å². The lowest BCUT2D eigenvalue weighted by atomic mass is 10.0. The Hall–Kier alpha value is -3.55. The van der Waals surface area contributed by atoms with Gasteiger partial charge in [0.05, 0.1) is 19.8 Å². The summed E-state index contributed by atoms with van der Waals surface area (Å²) in [6.07, 6.45) is -0.725. The number of hydrogen-bond donors (Lipinski definition) is 2. The maximum Gasteiger partial charge on any atom is 0.267 e. The van der Waals surface area contributed by atoms with E-state index in [1.807, 2.05) is 25.1 Å². The lowest BCUT2D eigenvalue weighted by molar-refractivity contribution is -0.122. The lowest BCUT2D eigenvalue weighted by Crippen LogP contribution is -2.31. The first-order valence-electron chi connectivity index (χ1n) is 10.0. The van der Waals surface area contributed by atoms with Gasteiger partial charge in [-0.2, -0.15) is 4.98 Å². The zero-order chi connectivity index (χ0) is 22.5. The topological polar surface area (TPSA) is 98.4 Å². The zero-order valence-electron chi connectivity index (χ0n) is 18.6. The highest BCUT2D eigenvalue weighted by Crippen LogP contribution is 2.32. The Kier molecular flexibility index (Phi) is 6.79. The Morgan fingerprint density at radius 3 is 2.48 bits per heavy atom. The fourth-order valence-corrected chi connectivity index (χ4v) is 3.11. The number of aromatic amines is 1. The molecule has 0 aliphatic rings. The highest BCUT2D eigenvalue weighted by Gasteiger charge is 2.20. The summed E-state index contributed by atoms with van der Waals surface area (Å²) in [6.45, 7) is 7.86. The molecule has 3 aromatic rings. The molecule has 1 heterocycles. The molecule has 8 heteroatoms. The third-order valence-electron chi connectivity index (χ3n) is 4.85. The van der Waals surface area contributed by atoms with E-state index in [0.29, 0.717) is 28.6 Å². The number of hydrogen-bond acceptors (Lipinski definition) is 6. The first-order chi connectivity index (χ1) is 14.8. The number of methoxy groups -OCH3 is 2. The van der Waals surface area contributed by atoms with Crippen LogP contribution in [0.1, 0.15) is 37.8 Å². The Morgan fingerprint density at radius 1 is 1.03 bits per heavy atom. The number of carbonyl (C=O) groups excluding carboxylic acids is 1. The van der Waals surface area contributed by atoms with Gasteiger partial charge in [0.15, 0.2) is 11.9 Å². The highest BCUT2D eigenvalue weighted by atomic mass is 16.5. The molecule has 0 saturated heterocycles. The van der Waals surface area contributed by atoms with Crippen molar-refractivity contribution in [3.8, 4) is 28.6 Å². The predicted molar refractivity (Wildman–Crippen MR) is 119 cm³/mol. The van der Waals surface area contributed by atoms with Gasteiger partial charge in [0.25, 0.3) is 5.91 Å². The lowest BCUT2D eigenvalue weighted by Gasteiger charge is -2.18. The van der Waals surface area contributed by atoms with E-state index in [4.69, 9.17) is 14.2 Å². The standard InChI is InChI=1S/C23H28N4O4/c1-13(2)17-9-7-14(3)11-20(17)31-15(4)22(28)25-23-24-21(26-27-23)18-10-8-16(29-5)12-19(18)30-6/h7-13,15H,1-6H3,(H2,24,25,26,27,28). The second-order valence-corrected chi connectivity index (χ2v) is 7.52. The van der Waals surface area contributed by atoms with E-state index in [1.54, 1.807) is 39.3 Å². The summed E-state index contributed by atoms with van der Waals surface area (Å²) in [5.74, 6) is 2.49. The van der Waals surface area contributed by atoms with E-state index in [9.17, 15) is 4.79 Å². The van der Waals surface area contributed by atoms with Crippen molar-refractivity contribution in [3.63, 3.8) is 0 Å². The van der Waals surface area contributed by atoms with Crippen LogP contribution in [-0.2, 0) is 4.79 Å². The molecular formula is C23H28N4O4. The molecule has 0 aliphatic carbocycles. The molecule has 0 saturated carbocycles. The number of ether oxygens (including phenoxy) is 3. The molecular weight excluding hydrogens is 396 g/mol. The van der Waals surface area contributed by atoms with Gasteiger partial charge in [-0.1, -0.05) is 26.0 Å². The number of benzene rings is 2. The summed E-state index contributed by atoms with van der Waals surface area (Å²) >= 11 is 0. The SMILES string of the molecule is COc1ccc(-c2nc(NC(=O)C(C)Oc3cc(C)ccc3C(C)C)n[nH]2)c(OC)c1. The van der Waals surface area contributed by atoms with Crippen LogP contribution in [0.3, 0.4) is 0 Å². The van der Waals surface area contributed by atoms with Crippen molar-refractivity contribution in [2.24, 2.45) is 0 Å². The molecule has 0 spiro atoms. The van der Waals surface area contributed by atoms with Crippen molar-refractivity contribution >= 4 is 11.9 Å². The molecule has 2 N–H and O–H groups in total. The monoisotopic (exact) mass is 424 g/mol. The van der Waals surface area contributed by atoms with Crippen LogP contribution in [0, 0.1) is 6.92 Å². The number of H-pyrrole nitrogens is 1. The third kappa shape index (κ3) is 5.14. The van der Waals surface area contributed by atoms with E-state index in [0.717, 1.165) is 11.1 Å². The quantitative estimate of drug-likeness (QED) is 0.559. The molecule has 0 fully saturated rings. The van der Waals surface area contributed by atoms with Crippen molar-refractivity contribution in [1.29, 1.82) is 0 Å². The average molecular weight is 425 g/mol. The van der Waals surface area contributed by atoms with Crippen molar-refractivity contribution < 1.29 is 19.0 Å². The van der Waals surface area contributed by atoms with Gasteiger partial charge in [-0.3, -0.25) is 15.2 Å². The number of rotatable bonds is 8. The molecule has 31 heavy (non-hydrogen) atoms. The smallest absolute Gasteiger partial charge is 0.267 e. The number of carbonyl (C=O) groups is 1. The second kappa shape index (κ2) is 9.51. The van der Waals surface area contributed by atoms with E-state index in [1.165, 1.54) is 0 Å². The number of aromatic nitrogens is 3. The van der Waals surface area contributed by atoms with Crippen LogP contribution in [-0.4, -0.2) is 41.4 Å². The van der Waals surface area contributed by atoms with Crippen LogP contribution in [0.5, 0.6) is 17.2 Å². The normalized spacial score (nSPS) is 11.8. The molecule has 164 valence electrons. The van der Waals surface area contributed by atoms with E-state index in [-0.39, 0.29) is 17.8 Å². The first-order valence-corrected chi connectivity index (χ1v) is 10.0. The van der Waals surface area contributed by atoms with Crippen molar-refractivity contribution in [2.75, 3.05) is 19.5 Å². The molecule has 3 rings (SSSR count). The molecule has 2 aromatic carbocycles. The molecule has 1 amide bonds. The maximum atomic E-state index is 12.7. The largest absolute Gasteiger partial charge is 0.497 e. The van der Waals surface area contributed by atoms with Crippen LogP contribution in [0.15, 0.2) is 36.4 Å². The summed E-state index contributed by atoms with van der Waals surface area (Å²) in [5, 5.41) is 9.60. The summed E-state index contributed by atoms with van der Waals surface area (Å²) in [5.41, 5.74) is 2.82. The second-order valence-electron chi connectivity index (χ2n) is 7.52. The highest BCUT2D eigenvalue weighted by molar-refractivity contribution is 5.92. The Bertz CT molecular complexity index is 1060. The summed E-state index contributed by atoms with van der Waals surface area (Å²) < 4.78 is 16.6. The maximum absolute atomic E-state index is 12.7. The van der Waals surface area contributed by atoms with Crippen LogP contribution in [0.25, 0.3) is 11.4 Å². The minimum absolute atomic E-state index is 0.154. The minimum atomic E-state index is -0.725. The Labute approximate surface area is 181 Å². The summed E-state index contributed by atoms with van der Waals surface area (Å²) in [7, 11) is 3.15. The Morgan fingerprint density at radius 2 is 1.81 bits per heavy atom. The van der Waals surface area contributed by atoms with Crippen LogP contribution in [0.4, 0.5) is 5.95 Å². The van der Waals surface area contributed by atoms with Gasteiger partial charge in [-0.05, 0) is 49.1 Å². The molecule has 0 bridgehead atoms. The molecule has 1 atom stereocenters. The van der Waals surface area contributed by atoms with Crippen LogP contribution < -0.4 is 19.5 Å². The Balaban J connectivity index is 1.73. The molecule has 1 unspecified atom stereocenters. The van der Waals surface area contributed by atoms with Crippen LogP contribution >= 0.6 is 0 Å². The number of aryl methyl sites for hydroxylation is 1. The van der Waals surface area contributed by atoms with Crippen molar-refractivity contribution in [2.45, 2.75) is 39.7 Å². The number of nitrogens with zero attached hydrogens (tertiary/aromatic N) is 2. The minimum Gasteiger partial charge on any atom is -0.497 e. The van der Waals surface area contributed by atoms with E-state index in [2.05, 4.69) is 34.3 Å². The van der Waals surface area contributed by atoms with Crippen molar-refractivity contribution in [3.05, 3.63) is 47.5 Å². The third-order valence-corrected chi connectivity index (χ3v) is 4.85. The van der Waals surface area contributed by atoms with Gasteiger partial charge in [-0.15, -0.1) is 5.10 Å². The van der Waals surface area contributed by atoms with Gasteiger partial charge in [-0.25, -0.2) is 0 Å². The zero-order valence-corrected chi connectivity index (χ0v) is 18.6. The molecule has 0 aliphatic heterocycles. The number of anilines is 1. The van der Waals surface area contributed by atoms with Gasteiger partial charge < -0.3 is 14.2 Å². The van der Waals surface area contributed by atoms with Crippen LogP contribution in [0.2, 0.25) is 0 Å². The molecule has 8 nitrogen and oxygen atoms in total. The van der Waals surface area contributed by atoms with E-state index >= 15 is 0 Å². The number of nitrogens with one attached hydrogen (secondary N) is 2. The van der Waals surface area contributed by atoms with Gasteiger partial charge in [0.1, 0.15) is 17.2 Å². The summed E-state index contributed by atoms with van der Waals surface area (Å²) in [4.78, 5) is 17.0. The average Bonchev–Trinajstić information content (AvgIpc) is 3.21. The molecule has 0 radical (unpaired) electrons.